The highest BCUT2D eigenvalue weighted by molar-refractivity contribution is 7.89. The van der Waals surface area contributed by atoms with Crippen molar-refractivity contribution in [3.8, 4) is 0 Å². The second-order valence-electron chi connectivity index (χ2n) is 4.91. The summed E-state index contributed by atoms with van der Waals surface area (Å²) in [4.78, 5) is 0.183. The van der Waals surface area contributed by atoms with Gasteiger partial charge >= 0.3 is 0 Å². The van der Waals surface area contributed by atoms with E-state index in [0.29, 0.717) is 23.8 Å². The molecule has 1 aromatic rings. The fraction of sp³-hybridized carbons (Fsp3) is 0.538. The fourth-order valence-electron chi connectivity index (χ4n) is 2.24. The Labute approximate surface area is 119 Å². The quantitative estimate of drug-likeness (QED) is 0.682. The maximum Gasteiger partial charge on any atom is 0.242 e. The molecule has 1 aliphatic heterocycles. The first-order valence-electron chi connectivity index (χ1n) is 6.67. The van der Waals surface area contributed by atoms with E-state index in [0.717, 1.165) is 26.1 Å². The highest BCUT2D eigenvalue weighted by Crippen LogP contribution is 2.24. The van der Waals surface area contributed by atoms with Crippen LogP contribution in [0.5, 0.6) is 0 Å². The third kappa shape index (κ3) is 3.62. The van der Waals surface area contributed by atoms with Crippen LogP contribution in [-0.2, 0) is 14.8 Å². The Morgan fingerprint density at radius 2 is 2.25 bits per heavy atom. The van der Waals surface area contributed by atoms with E-state index in [9.17, 15) is 8.42 Å². The van der Waals surface area contributed by atoms with Crippen LogP contribution in [-0.4, -0.2) is 35.2 Å². The predicted octanol–water partition coefficient (Wildman–Crippen LogP) is 1.02. The van der Waals surface area contributed by atoms with E-state index < -0.39 is 10.0 Å². The van der Waals surface area contributed by atoms with Crippen LogP contribution in [0.1, 0.15) is 12.8 Å². The summed E-state index contributed by atoms with van der Waals surface area (Å²) in [6, 6.07) is 4.85. The van der Waals surface area contributed by atoms with Gasteiger partial charge in [-0.05, 0) is 44.0 Å². The Morgan fingerprint density at radius 1 is 1.45 bits per heavy atom. The van der Waals surface area contributed by atoms with Crippen LogP contribution in [0, 0.1) is 5.92 Å². The number of anilines is 2. The zero-order chi connectivity index (χ0) is 14.6. The molecule has 1 fully saturated rings. The Morgan fingerprint density at radius 3 is 2.90 bits per heavy atom. The number of benzene rings is 1. The SMILES string of the molecule is CNS(=O)(=O)c1cc(N)ccc1NCCC1CCOC1. The monoisotopic (exact) mass is 299 g/mol. The molecule has 2 rings (SSSR count). The van der Waals surface area contributed by atoms with E-state index in [2.05, 4.69) is 10.0 Å². The van der Waals surface area contributed by atoms with Crippen molar-refractivity contribution < 1.29 is 13.2 Å². The molecule has 1 heterocycles. The van der Waals surface area contributed by atoms with Gasteiger partial charge in [0.05, 0.1) is 5.69 Å². The Hall–Kier alpha value is -1.31. The molecular weight excluding hydrogens is 278 g/mol. The van der Waals surface area contributed by atoms with Gasteiger partial charge in [0.1, 0.15) is 4.90 Å². The van der Waals surface area contributed by atoms with Crippen molar-refractivity contribution in [2.24, 2.45) is 5.92 Å². The lowest BCUT2D eigenvalue weighted by Gasteiger charge is -2.14. The van der Waals surface area contributed by atoms with Crippen LogP contribution in [0.25, 0.3) is 0 Å². The molecule has 0 aliphatic carbocycles. The average Bonchev–Trinajstić information content (AvgIpc) is 2.93. The smallest absolute Gasteiger partial charge is 0.242 e. The van der Waals surface area contributed by atoms with Crippen LogP contribution >= 0.6 is 0 Å². The summed E-state index contributed by atoms with van der Waals surface area (Å²) in [6.45, 7) is 2.33. The van der Waals surface area contributed by atoms with Crippen LogP contribution in [0.2, 0.25) is 0 Å². The lowest BCUT2D eigenvalue weighted by Crippen LogP contribution is -2.21. The van der Waals surface area contributed by atoms with E-state index in [1.54, 1.807) is 12.1 Å². The molecule has 1 unspecified atom stereocenters. The standard InChI is InChI=1S/C13H21N3O3S/c1-15-20(17,18)13-8-11(14)2-3-12(13)16-6-4-10-5-7-19-9-10/h2-3,8,10,15-16H,4-7,9,14H2,1H3. The van der Waals surface area contributed by atoms with Gasteiger partial charge in [0, 0.05) is 25.4 Å². The first kappa shape index (κ1) is 15.1. The third-order valence-electron chi connectivity index (χ3n) is 3.46. The topological polar surface area (TPSA) is 93.5 Å². The summed E-state index contributed by atoms with van der Waals surface area (Å²) in [5, 5.41) is 3.18. The summed E-state index contributed by atoms with van der Waals surface area (Å²) >= 11 is 0. The molecule has 4 N–H and O–H groups in total. The summed E-state index contributed by atoms with van der Waals surface area (Å²) < 4.78 is 31.6. The zero-order valence-electron chi connectivity index (χ0n) is 11.6. The van der Waals surface area contributed by atoms with Crippen molar-refractivity contribution >= 4 is 21.4 Å². The van der Waals surface area contributed by atoms with E-state index in [1.807, 2.05) is 0 Å². The Kier molecular flexibility index (Phi) is 4.85. The average molecular weight is 299 g/mol. The fourth-order valence-corrected chi connectivity index (χ4v) is 3.18. The van der Waals surface area contributed by atoms with Gasteiger partial charge in [-0.3, -0.25) is 0 Å². The number of nitrogens with two attached hydrogens (primary N) is 1. The summed E-state index contributed by atoms with van der Waals surface area (Å²) in [5.74, 6) is 0.556. The van der Waals surface area contributed by atoms with Gasteiger partial charge in [-0.25, -0.2) is 13.1 Å². The predicted molar refractivity (Wildman–Crippen MR) is 79.1 cm³/mol. The normalized spacial score (nSPS) is 19.1. The van der Waals surface area contributed by atoms with E-state index >= 15 is 0 Å². The number of hydrogen-bond donors (Lipinski definition) is 3. The van der Waals surface area contributed by atoms with Crippen molar-refractivity contribution in [2.45, 2.75) is 17.7 Å². The van der Waals surface area contributed by atoms with Crippen molar-refractivity contribution in [2.75, 3.05) is 37.9 Å². The molecule has 1 atom stereocenters. The molecular formula is C13H21N3O3S. The molecule has 0 spiro atoms. The zero-order valence-corrected chi connectivity index (χ0v) is 12.4. The van der Waals surface area contributed by atoms with Crippen molar-refractivity contribution in [3.63, 3.8) is 0 Å². The second kappa shape index (κ2) is 6.43. The van der Waals surface area contributed by atoms with Crippen LogP contribution in [0.15, 0.2) is 23.1 Å². The third-order valence-corrected chi connectivity index (χ3v) is 4.91. The van der Waals surface area contributed by atoms with Gasteiger partial charge in [-0.2, -0.15) is 0 Å². The van der Waals surface area contributed by atoms with E-state index in [1.165, 1.54) is 13.1 Å². The molecule has 0 saturated carbocycles. The summed E-state index contributed by atoms with van der Waals surface area (Å²) in [6.07, 6.45) is 2.04. The van der Waals surface area contributed by atoms with Crippen molar-refractivity contribution in [3.05, 3.63) is 18.2 Å². The maximum atomic E-state index is 12.0. The number of rotatable bonds is 6. The molecule has 0 bridgehead atoms. The van der Waals surface area contributed by atoms with Crippen LogP contribution in [0.3, 0.4) is 0 Å². The van der Waals surface area contributed by atoms with Gasteiger partial charge in [-0.15, -0.1) is 0 Å². The Bertz CT molecular complexity index is 554. The van der Waals surface area contributed by atoms with Gasteiger partial charge < -0.3 is 15.8 Å². The molecule has 6 nitrogen and oxygen atoms in total. The largest absolute Gasteiger partial charge is 0.399 e. The highest BCUT2D eigenvalue weighted by atomic mass is 32.2. The number of sulfonamides is 1. The number of ether oxygens (including phenoxy) is 1. The molecule has 0 amide bonds. The minimum atomic E-state index is -3.52. The van der Waals surface area contributed by atoms with Gasteiger partial charge in [0.25, 0.3) is 0 Å². The summed E-state index contributed by atoms with van der Waals surface area (Å²) in [7, 11) is -2.13. The first-order chi connectivity index (χ1) is 9.53. The van der Waals surface area contributed by atoms with Crippen molar-refractivity contribution in [1.29, 1.82) is 0 Å². The maximum absolute atomic E-state index is 12.0. The number of nitrogen functional groups attached to an aromatic ring is 1. The van der Waals surface area contributed by atoms with E-state index in [-0.39, 0.29) is 4.90 Å². The molecule has 1 saturated heterocycles. The number of nitrogens with one attached hydrogen (secondary N) is 2. The molecule has 1 aliphatic rings. The molecule has 112 valence electrons. The van der Waals surface area contributed by atoms with Crippen molar-refractivity contribution in [1.82, 2.24) is 4.72 Å². The van der Waals surface area contributed by atoms with Crippen LogP contribution < -0.4 is 15.8 Å². The van der Waals surface area contributed by atoms with Gasteiger partial charge in [0.15, 0.2) is 0 Å². The molecule has 7 heteroatoms. The molecule has 0 aromatic heterocycles. The van der Waals surface area contributed by atoms with Gasteiger partial charge in [0.2, 0.25) is 10.0 Å². The van der Waals surface area contributed by atoms with E-state index in [4.69, 9.17) is 10.5 Å². The second-order valence-corrected chi connectivity index (χ2v) is 6.76. The highest BCUT2D eigenvalue weighted by Gasteiger charge is 2.18. The first-order valence-corrected chi connectivity index (χ1v) is 8.16. The molecule has 20 heavy (non-hydrogen) atoms. The molecule has 1 aromatic carbocycles. The van der Waals surface area contributed by atoms with Gasteiger partial charge in [-0.1, -0.05) is 0 Å². The number of hydrogen-bond acceptors (Lipinski definition) is 5. The summed E-state index contributed by atoms with van der Waals surface area (Å²) in [5.41, 5.74) is 6.67. The van der Waals surface area contributed by atoms with Crippen LogP contribution in [0.4, 0.5) is 11.4 Å². The lowest BCUT2D eigenvalue weighted by atomic mass is 10.1. The minimum absolute atomic E-state index is 0.183. The lowest BCUT2D eigenvalue weighted by molar-refractivity contribution is 0.185. The minimum Gasteiger partial charge on any atom is -0.399 e. The Balaban J connectivity index is 2.06. The molecule has 0 radical (unpaired) electrons.